The number of carbonyl (C=O) groups is 1. The number of fused-ring (bicyclic) bond motifs is 1. The number of amides is 2. The maximum absolute atomic E-state index is 12.3. The molecule has 0 bridgehead atoms. The zero-order valence-corrected chi connectivity index (χ0v) is 13.1. The van der Waals surface area contributed by atoms with Gasteiger partial charge in [0.05, 0.1) is 13.2 Å². The molecule has 0 aromatic heterocycles. The van der Waals surface area contributed by atoms with Crippen LogP contribution in [0.3, 0.4) is 0 Å². The maximum atomic E-state index is 12.3. The number of urea groups is 1. The van der Waals surface area contributed by atoms with Gasteiger partial charge in [0.2, 0.25) is 0 Å². The predicted octanol–water partition coefficient (Wildman–Crippen LogP) is 2.90. The monoisotopic (exact) mass is 304 g/mol. The number of anilines is 1. The molecule has 0 aliphatic carbocycles. The van der Waals surface area contributed by atoms with Crippen molar-refractivity contribution < 1.29 is 14.3 Å². The number of carbonyl (C=O) groups excluding carboxylic acids is 1. The summed E-state index contributed by atoms with van der Waals surface area (Å²) < 4.78 is 11.1. The van der Waals surface area contributed by atoms with E-state index in [9.17, 15) is 4.79 Å². The van der Waals surface area contributed by atoms with Crippen LogP contribution in [0.1, 0.15) is 25.3 Å². The average Bonchev–Trinajstić information content (AvgIpc) is 3.02. The molecule has 1 fully saturated rings. The summed E-state index contributed by atoms with van der Waals surface area (Å²) >= 11 is 0. The first-order valence-electron chi connectivity index (χ1n) is 8.15. The van der Waals surface area contributed by atoms with Crippen LogP contribution in [0.2, 0.25) is 0 Å². The van der Waals surface area contributed by atoms with Crippen molar-refractivity contribution in [2.24, 2.45) is 5.92 Å². The molecule has 22 heavy (non-hydrogen) atoms. The lowest BCUT2D eigenvalue weighted by atomic mass is 10.1. The molecule has 0 unspecified atom stereocenters. The first kappa shape index (κ1) is 15.2. The largest absolute Gasteiger partial charge is 0.493 e. The number of aryl methyl sites for hydroxylation is 1. The molecule has 1 saturated heterocycles. The van der Waals surface area contributed by atoms with Gasteiger partial charge in [-0.15, -0.1) is 0 Å². The van der Waals surface area contributed by atoms with Crippen LogP contribution in [-0.2, 0) is 11.2 Å². The van der Waals surface area contributed by atoms with E-state index in [1.165, 1.54) is 5.56 Å². The molecular formula is C17H24N2O3. The Bertz CT molecular complexity index is 533. The fourth-order valence-corrected chi connectivity index (χ4v) is 3.08. The highest BCUT2D eigenvalue weighted by molar-refractivity contribution is 5.89. The topological polar surface area (TPSA) is 50.8 Å². The van der Waals surface area contributed by atoms with Crippen molar-refractivity contribution in [1.82, 2.24) is 4.90 Å². The average molecular weight is 304 g/mol. The number of hydrogen-bond acceptors (Lipinski definition) is 3. The van der Waals surface area contributed by atoms with Crippen LogP contribution >= 0.6 is 0 Å². The summed E-state index contributed by atoms with van der Waals surface area (Å²) in [5, 5.41) is 3.00. The number of likely N-dealkylation sites (tertiary alicyclic amines) is 1. The summed E-state index contributed by atoms with van der Waals surface area (Å²) in [4.78, 5) is 14.2. The van der Waals surface area contributed by atoms with Gasteiger partial charge in [-0.25, -0.2) is 4.79 Å². The minimum absolute atomic E-state index is 0.0179. The second-order valence-electron chi connectivity index (χ2n) is 5.96. The molecule has 0 spiro atoms. The van der Waals surface area contributed by atoms with Gasteiger partial charge in [-0.3, -0.25) is 0 Å². The van der Waals surface area contributed by atoms with E-state index in [0.717, 1.165) is 63.6 Å². The van der Waals surface area contributed by atoms with E-state index in [1.807, 2.05) is 30.0 Å². The summed E-state index contributed by atoms with van der Waals surface area (Å²) in [5.74, 6) is 1.41. The highest BCUT2D eigenvalue weighted by Gasteiger charge is 2.26. The molecular weight excluding hydrogens is 280 g/mol. The molecule has 3 rings (SSSR count). The molecule has 0 saturated carbocycles. The zero-order chi connectivity index (χ0) is 15.4. The number of nitrogens with one attached hydrogen (secondary N) is 1. The van der Waals surface area contributed by atoms with Crippen molar-refractivity contribution in [1.29, 1.82) is 0 Å². The van der Waals surface area contributed by atoms with E-state index in [0.29, 0.717) is 5.92 Å². The maximum Gasteiger partial charge on any atom is 0.321 e. The summed E-state index contributed by atoms with van der Waals surface area (Å²) in [6.45, 7) is 5.85. The Morgan fingerprint density at radius 2 is 2.41 bits per heavy atom. The third kappa shape index (κ3) is 3.53. The van der Waals surface area contributed by atoms with Gasteiger partial charge in [-0.05, 0) is 49.9 Å². The first-order chi connectivity index (χ1) is 10.8. The molecule has 1 aromatic carbocycles. The van der Waals surface area contributed by atoms with Crippen molar-refractivity contribution in [2.75, 3.05) is 38.2 Å². The molecule has 2 amide bonds. The Labute approximate surface area is 131 Å². The number of benzene rings is 1. The van der Waals surface area contributed by atoms with Crippen molar-refractivity contribution in [3.05, 3.63) is 23.8 Å². The Hall–Kier alpha value is -1.75. The Kier molecular flexibility index (Phi) is 4.83. The van der Waals surface area contributed by atoms with Gasteiger partial charge in [0, 0.05) is 31.3 Å². The first-order valence-corrected chi connectivity index (χ1v) is 8.15. The standard InChI is InChI=1S/C17H24N2O3/c1-2-21-12-13-7-8-19(11-13)17(20)18-15-5-6-16-14(10-15)4-3-9-22-16/h5-6,10,13H,2-4,7-9,11-12H2,1H3,(H,18,20)/t13-/m1/s1. The second kappa shape index (κ2) is 7.01. The molecule has 1 aromatic rings. The smallest absolute Gasteiger partial charge is 0.321 e. The van der Waals surface area contributed by atoms with E-state index in [-0.39, 0.29) is 6.03 Å². The lowest BCUT2D eigenvalue weighted by molar-refractivity contribution is 0.113. The molecule has 1 N–H and O–H groups in total. The van der Waals surface area contributed by atoms with E-state index in [4.69, 9.17) is 9.47 Å². The summed E-state index contributed by atoms with van der Waals surface area (Å²) in [6.07, 6.45) is 3.07. The third-order valence-electron chi connectivity index (χ3n) is 4.29. The molecule has 0 radical (unpaired) electrons. The van der Waals surface area contributed by atoms with Crippen LogP contribution in [-0.4, -0.2) is 43.8 Å². The Balaban J connectivity index is 1.56. The van der Waals surface area contributed by atoms with Crippen LogP contribution in [0.4, 0.5) is 10.5 Å². The number of nitrogens with zero attached hydrogens (tertiary/aromatic N) is 1. The summed E-state index contributed by atoms with van der Waals surface area (Å²) in [7, 11) is 0. The quantitative estimate of drug-likeness (QED) is 0.930. The minimum atomic E-state index is -0.0179. The Morgan fingerprint density at radius 1 is 1.50 bits per heavy atom. The number of rotatable bonds is 4. The van der Waals surface area contributed by atoms with Crippen molar-refractivity contribution in [3.8, 4) is 5.75 Å². The van der Waals surface area contributed by atoms with Crippen LogP contribution in [0.5, 0.6) is 5.75 Å². The fourth-order valence-electron chi connectivity index (χ4n) is 3.08. The van der Waals surface area contributed by atoms with Crippen LogP contribution in [0, 0.1) is 5.92 Å². The fraction of sp³-hybridized carbons (Fsp3) is 0.588. The van der Waals surface area contributed by atoms with Crippen molar-refractivity contribution in [3.63, 3.8) is 0 Å². The normalized spacial score (nSPS) is 20.4. The van der Waals surface area contributed by atoms with Crippen LogP contribution < -0.4 is 10.1 Å². The van der Waals surface area contributed by atoms with E-state index >= 15 is 0 Å². The summed E-state index contributed by atoms with van der Waals surface area (Å²) in [6, 6.07) is 5.87. The zero-order valence-electron chi connectivity index (χ0n) is 13.1. The number of ether oxygens (including phenoxy) is 2. The second-order valence-corrected chi connectivity index (χ2v) is 5.96. The highest BCUT2D eigenvalue weighted by Crippen LogP contribution is 2.28. The number of hydrogen-bond donors (Lipinski definition) is 1. The van der Waals surface area contributed by atoms with Crippen LogP contribution in [0.25, 0.3) is 0 Å². The van der Waals surface area contributed by atoms with Gasteiger partial charge in [0.1, 0.15) is 5.75 Å². The van der Waals surface area contributed by atoms with Gasteiger partial charge in [0.25, 0.3) is 0 Å². The molecule has 2 heterocycles. The van der Waals surface area contributed by atoms with Gasteiger partial charge in [0.15, 0.2) is 0 Å². The molecule has 2 aliphatic heterocycles. The SMILES string of the molecule is CCOC[C@@H]1CCN(C(=O)Nc2ccc3c(c2)CCCO3)C1. The summed E-state index contributed by atoms with van der Waals surface area (Å²) in [5.41, 5.74) is 2.03. The highest BCUT2D eigenvalue weighted by atomic mass is 16.5. The van der Waals surface area contributed by atoms with Gasteiger partial charge < -0.3 is 19.7 Å². The lowest BCUT2D eigenvalue weighted by Gasteiger charge is -2.20. The third-order valence-corrected chi connectivity index (χ3v) is 4.29. The molecule has 120 valence electrons. The van der Waals surface area contributed by atoms with Gasteiger partial charge >= 0.3 is 6.03 Å². The minimum Gasteiger partial charge on any atom is -0.493 e. The predicted molar refractivity (Wildman–Crippen MR) is 85.4 cm³/mol. The van der Waals surface area contributed by atoms with Crippen LogP contribution in [0.15, 0.2) is 18.2 Å². The Morgan fingerprint density at radius 3 is 3.27 bits per heavy atom. The molecule has 5 nitrogen and oxygen atoms in total. The molecule has 2 aliphatic rings. The van der Waals surface area contributed by atoms with Gasteiger partial charge in [-0.2, -0.15) is 0 Å². The molecule has 5 heteroatoms. The van der Waals surface area contributed by atoms with Crippen molar-refractivity contribution in [2.45, 2.75) is 26.2 Å². The van der Waals surface area contributed by atoms with E-state index in [2.05, 4.69) is 5.32 Å². The van der Waals surface area contributed by atoms with E-state index in [1.54, 1.807) is 0 Å². The molecule has 1 atom stereocenters. The lowest BCUT2D eigenvalue weighted by Crippen LogP contribution is -2.33. The van der Waals surface area contributed by atoms with Gasteiger partial charge in [-0.1, -0.05) is 0 Å². The van der Waals surface area contributed by atoms with Crippen molar-refractivity contribution >= 4 is 11.7 Å². The van der Waals surface area contributed by atoms with E-state index < -0.39 is 0 Å².